The van der Waals surface area contributed by atoms with E-state index in [1.54, 1.807) is 14.2 Å². The lowest BCUT2D eigenvalue weighted by molar-refractivity contribution is 0.414. The highest BCUT2D eigenvalue weighted by Gasteiger charge is 2.11. The largest absolute Gasteiger partial charge is 0.497 e. The van der Waals surface area contributed by atoms with Crippen LogP contribution in [0.4, 0.5) is 5.82 Å². The molecule has 0 fully saturated rings. The minimum absolute atomic E-state index is 0.812. The van der Waals surface area contributed by atoms with Crippen molar-refractivity contribution in [2.24, 2.45) is 4.99 Å². The molecular formula is C23H20N2O2. The Morgan fingerprint density at radius 2 is 1.59 bits per heavy atom. The lowest BCUT2D eigenvalue weighted by Gasteiger charge is -2.05. The van der Waals surface area contributed by atoms with Crippen LogP contribution in [0.5, 0.6) is 11.5 Å². The number of hydrogen-bond acceptors (Lipinski definition) is 3. The Bertz CT molecular complexity index is 1110. The lowest BCUT2D eigenvalue weighted by Crippen LogP contribution is -1.87. The zero-order valence-electron chi connectivity index (χ0n) is 15.3. The maximum absolute atomic E-state index is 5.39. The zero-order valence-corrected chi connectivity index (χ0v) is 15.3. The van der Waals surface area contributed by atoms with Gasteiger partial charge in [-0.15, -0.1) is 0 Å². The molecule has 0 amide bonds. The molecule has 0 saturated heterocycles. The number of hydrogen-bond donors (Lipinski definition) is 0. The molecule has 2 aromatic heterocycles. The molecule has 4 rings (SSSR count). The number of rotatable bonds is 5. The van der Waals surface area contributed by atoms with E-state index in [0.717, 1.165) is 39.5 Å². The number of aliphatic imine (C=N–C) groups is 1. The van der Waals surface area contributed by atoms with Gasteiger partial charge < -0.3 is 13.9 Å². The fraction of sp³-hybridized carbons (Fsp3) is 0.0870. The minimum Gasteiger partial charge on any atom is -0.497 e. The topological polar surface area (TPSA) is 35.2 Å². The zero-order chi connectivity index (χ0) is 18.6. The van der Waals surface area contributed by atoms with Gasteiger partial charge in [0.1, 0.15) is 17.3 Å². The van der Waals surface area contributed by atoms with E-state index in [2.05, 4.69) is 22.6 Å². The first kappa shape index (κ1) is 16.9. The first-order valence-electron chi connectivity index (χ1n) is 8.71. The second kappa shape index (κ2) is 7.38. The van der Waals surface area contributed by atoms with Crippen LogP contribution in [0.15, 0.2) is 84.0 Å². The van der Waals surface area contributed by atoms with Crippen molar-refractivity contribution >= 4 is 17.5 Å². The summed E-state index contributed by atoms with van der Waals surface area (Å²) >= 11 is 0. The molecule has 0 N–H and O–H groups in total. The maximum Gasteiger partial charge on any atom is 0.145 e. The maximum atomic E-state index is 5.39. The monoisotopic (exact) mass is 356 g/mol. The summed E-state index contributed by atoms with van der Waals surface area (Å²) in [5.41, 5.74) is 4.19. The summed E-state index contributed by atoms with van der Waals surface area (Å²) in [7, 11) is 3.34. The molecule has 0 aliphatic rings. The molecule has 0 bridgehead atoms. The number of ether oxygens (including phenoxy) is 2. The van der Waals surface area contributed by atoms with Gasteiger partial charge in [-0.05, 0) is 53.6 Å². The van der Waals surface area contributed by atoms with E-state index < -0.39 is 0 Å². The van der Waals surface area contributed by atoms with E-state index in [1.165, 1.54) is 0 Å². The van der Waals surface area contributed by atoms with Crippen LogP contribution >= 0.6 is 0 Å². The fourth-order valence-corrected chi connectivity index (χ4v) is 3.10. The van der Waals surface area contributed by atoms with Gasteiger partial charge in [0, 0.05) is 23.5 Å². The van der Waals surface area contributed by atoms with Crippen LogP contribution in [0.3, 0.4) is 0 Å². The van der Waals surface area contributed by atoms with E-state index in [1.807, 2.05) is 67.0 Å². The molecule has 2 heterocycles. The van der Waals surface area contributed by atoms with Gasteiger partial charge in [0.15, 0.2) is 0 Å². The molecule has 0 atom stereocenters. The SMILES string of the molecule is COc1cccc(C=Nc2c(-c3cccc(OC)c3)cc3ccccn23)c1. The van der Waals surface area contributed by atoms with Crippen molar-refractivity contribution in [1.29, 1.82) is 0 Å². The third kappa shape index (κ3) is 3.42. The van der Waals surface area contributed by atoms with E-state index >= 15 is 0 Å². The van der Waals surface area contributed by atoms with E-state index in [4.69, 9.17) is 14.5 Å². The Labute approximate surface area is 158 Å². The quantitative estimate of drug-likeness (QED) is 0.450. The molecule has 0 spiro atoms. The summed E-state index contributed by atoms with van der Waals surface area (Å²) in [6, 6.07) is 24.1. The van der Waals surface area contributed by atoms with Gasteiger partial charge in [-0.2, -0.15) is 0 Å². The number of pyridine rings is 1. The van der Waals surface area contributed by atoms with Crippen molar-refractivity contribution in [3.63, 3.8) is 0 Å². The van der Waals surface area contributed by atoms with Gasteiger partial charge in [-0.3, -0.25) is 0 Å². The second-order valence-electron chi connectivity index (χ2n) is 6.14. The third-order valence-corrected chi connectivity index (χ3v) is 4.46. The van der Waals surface area contributed by atoms with Crippen LogP contribution in [0.25, 0.3) is 16.6 Å². The van der Waals surface area contributed by atoms with Crippen molar-refractivity contribution in [3.05, 3.63) is 84.6 Å². The molecule has 2 aromatic carbocycles. The molecule has 4 heteroatoms. The smallest absolute Gasteiger partial charge is 0.145 e. The van der Waals surface area contributed by atoms with Gasteiger partial charge in [0.05, 0.1) is 14.2 Å². The molecule has 4 nitrogen and oxygen atoms in total. The Kier molecular flexibility index (Phi) is 4.62. The molecule has 27 heavy (non-hydrogen) atoms. The van der Waals surface area contributed by atoms with Crippen molar-refractivity contribution in [2.45, 2.75) is 0 Å². The van der Waals surface area contributed by atoms with E-state index in [-0.39, 0.29) is 0 Å². The summed E-state index contributed by atoms with van der Waals surface area (Å²) in [4.78, 5) is 4.81. The van der Waals surface area contributed by atoms with E-state index in [9.17, 15) is 0 Å². The highest BCUT2D eigenvalue weighted by molar-refractivity contribution is 5.88. The van der Waals surface area contributed by atoms with Crippen LogP contribution in [0, 0.1) is 0 Å². The number of fused-ring (bicyclic) bond motifs is 1. The minimum atomic E-state index is 0.812. The molecule has 0 saturated carbocycles. The molecule has 0 aliphatic carbocycles. The molecule has 0 radical (unpaired) electrons. The summed E-state index contributed by atoms with van der Waals surface area (Å²) in [6.07, 6.45) is 3.89. The van der Waals surface area contributed by atoms with Crippen molar-refractivity contribution in [2.75, 3.05) is 14.2 Å². The van der Waals surface area contributed by atoms with Gasteiger partial charge in [-0.1, -0.05) is 30.3 Å². The van der Waals surface area contributed by atoms with Gasteiger partial charge in [0.2, 0.25) is 0 Å². The standard InChI is InChI=1S/C23H20N2O2/c1-26-20-10-5-7-17(13-20)16-24-23-22(15-19-9-3-4-12-25(19)23)18-8-6-11-21(14-18)27-2/h3-16H,1-2H3. The van der Waals surface area contributed by atoms with E-state index in [0.29, 0.717) is 0 Å². The number of nitrogens with zero attached hydrogens (tertiary/aromatic N) is 2. The summed E-state index contributed by atoms with van der Waals surface area (Å²) in [5, 5.41) is 0. The summed E-state index contributed by atoms with van der Waals surface area (Å²) in [5.74, 6) is 2.51. The predicted octanol–water partition coefficient (Wildman–Crippen LogP) is 5.37. The summed E-state index contributed by atoms with van der Waals surface area (Å²) < 4.78 is 12.8. The molecular weight excluding hydrogens is 336 g/mol. The average molecular weight is 356 g/mol. The van der Waals surface area contributed by atoms with Crippen LogP contribution < -0.4 is 9.47 Å². The Balaban J connectivity index is 1.84. The van der Waals surface area contributed by atoms with Crippen LogP contribution in [0.1, 0.15) is 5.56 Å². The molecule has 0 unspecified atom stereocenters. The normalized spacial score (nSPS) is 11.2. The van der Waals surface area contributed by atoms with Crippen LogP contribution in [-0.4, -0.2) is 24.8 Å². The van der Waals surface area contributed by atoms with Crippen LogP contribution in [-0.2, 0) is 0 Å². The first-order chi connectivity index (χ1) is 13.3. The van der Waals surface area contributed by atoms with Crippen molar-refractivity contribution < 1.29 is 9.47 Å². The predicted molar refractivity (Wildman–Crippen MR) is 110 cm³/mol. The Hall–Kier alpha value is -3.53. The Morgan fingerprint density at radius 3 is 2.41 bits per heavy atom. The fourth-order valence-electron chi connectivity index (χ4n) is 3.10. The Morgan fingerprint density at radius 1 is 0.815 bits per heavy atom. The molecule has 134 valence electrons. The van der Waals surface area contributed by atoms with Gasteiger partial charge in [-0.25, -0.2) is 4.99 Å². The average Bonchev–Trinajstić information content (AvgIpc) is 3.11. The van der Waals surface area contributed by atoms with Gasteiger partial charge >= 0.3 is 0 Å². The molecule has 4 aromatic rings. The number of methoxy groups -OCH3 is 2. The highest BCUT2D eigenvalue weighted by Crippen LogP contribution is 2.35. The summed E-state index contributed by atoms with van der Waals surface area (Å²) in [6.45, 7) is 0. The number of aromatic nitrogens is 1. The van der Waals surface area contributed by atoms with Crippen molar-refractivity contribution in [1.82, 2.24) is 4.40 Å². The third-order valence-electron chi connectivity index (χ3n) is 4.46. The van der Waals surface area contributed by atoms with Gasteiger partial charge in [0.25, 0.3) is 0 Å². The molecule has 0 aliphatic heterocycles. The highest BCUT2D eigenvalue weighted by atomic mass is 16.5. The first-order valence-corrected chi connectivity index (χ1v) is 8.71. The number of benzene rings is 2. The lowest BCUT2D eigenvalue weighted by atomic mass is 10.1. The second-order valence-corrected chi connectivity index (χ2v) is 6.14. The van der Waals surface area contributed by atoms with Crippen LogP contribution in [0.2, 0.25) is 0 Å². The van der Waals surface area contributed by atoms with Crippen molar-refractivity contribution in [3.8, 4) is 22.6 Å².